The van der Waals surface area contributed by atoms with Crippen LogP contribution in [0, 0.1) is 5.41 Å². The maximum Gasteiger partial charge on any atom is 0.335 e. The SMILES string of the molecule is CC(NC(=O)c1cccc(C(=O)O)c1)C(C)(C)C. The van der Waals surface area contributed by atoms with E-state index in [9.17, 15) is 9.59 Å². The zero-order valence-electron chi connectivity index (χ0n) is 11.2. The molecule has 2 N–H and O–H groups in total. The molecule has 0 heterocycles. The van der Waals surface area contributed by atoms with Crippen molar-refractivity contribution in [2.45, 2.75) is 33.7 Å². The van der Waals surface area contributed by atoms with Crippen molar-refractivity contribution in [3.63, 3.8) is 0 Å². The van der Waals surface area contributed by atoms with E-state index < -0.39 is 5.97 Å². The Morgan fingerprint density at radius 1 is 1.22 bits per heavy atom. The summed E-state index contributed by atoms with van der Waals surface area (Å²) in [6.07, 6.45) is 0. The summed E-state index contributed by atoms with van der Waals surface area (Å²) in [5.74, 6) is -1.28. The summed E-state index contributed by atoms with van der Waals surface area (Å²) in [6.45, 7) is 8.03. The molecule has 4 nitrogen and oxygen atoms in total. The molecular formula is C14H19NO3. The number of benzene rings is 1. The first-order valence-corrected chi connectivity index (χ1v) is 5.86. The number of hydrogen-bond acceptors (Lipinski definition) is 2. The van der Waals surface area contributed by atoms with Gasteiger partial charge >= 0.3 is 5.97 Å². The van der Waals surface area contributed by atoms with E-state index >= 15 is 0 Å². The van der Waals surface area contributed by atoms with Crippen LogP contribution in [0.25, 0.3) is 0 Å². The molecule has 1 rings (SSSR count). The van der Waals surface area contributed by atoms with Crippen LogP contribution >= 0.6 is 0 Å². The fourth-order valence-corrected chi connectivity index (χ4v) is 1.29. The maximum absolute atomic E-state index is 12.0. The van der Waals surface area contributed by atoms with E-state index in [4.69, 9.17) is 5.11 Å². The molecular weight excluding hydrogens is 230 g/mol. The highest BCUT2D eigenvalue weighted by atomic mass is 16.4. The van der Waals surface area contributed by atoms with Gasteiger partial charge in [-0.2, -0.15) is 0 Å². The minimum atomic E-state index is -1.03. The molecule has 4 heteroatoms. The molecule has 0 radical (unpaired) electrons. The zero-order valence-corrected chi connectivity index (χ0v) is 11.2. The van der Waals surface area contributed by atoms with Gasteiger partial charge < -0.3 is 10.4 Å². The summed E-state index contributed by atoms with van der Waals surface area (Å²) in [5.41, 5.74) is 0.442. The average Bonchev–Trinajstić information content (AvgIpc) is 2.27. The largest absolute Gasteiger partial charge is 0.478 e. The van der Waals surface area contributed by atoms with Gasteiger partial charge in [-0.3, -0.25) is 4.79 Å². The van der Waals surface area contributed by atoms with Crippen molar-refractivity contribution in [1.82, 2.24) is 5.32 Å². The number of rotatable bonds is 3. The van der Waals surface area contributed by atoms with Crippen LogP contribution < -0.4 is 5.32 Å². The van der Waals surface area contributed by atoms with Crippen LogP contribution in [0.1, 0.15) is 48.4 Å². The highest BCUT2D eigenvalue weighted by Crippen LogP contribution is 2.19. The lowest BCUT2D eigenvalue weighted by Gasteiger charge is -2.28. The second kappa shape index (κ2) is 5.21. The molecule has 0 aliphatic heterocycles. The minimum absolute atomic E-state index is 0.00140. The second-order valence-corrected chi connectivity index (χ2v) is 5.45. The van der Waals surface area contributed by atoms with E-state index in [0.717, 1.165) is 0 Å². The highest BCUT2D eigenvalue weighted by Gasteiger charge is 2.22. The number of hydrogen-bond donors (Lipinski definition) is 2. The van der Waals surface area contributed by atoms with Crippen LogP contribution in [0.4, 0.5) is 0 Å². The van der Waals surface area contributed by atoms with Crippen LogP contribution in [0.2, 0.25) is 0 Å². The molecule has 1 atom stereocenters. The predicted molar refractivity (Wildman–Crippen MR) is 69.8 cm³/mol. The molecule has 0 aromatic heterocycles. The van der Waals surface area contributed by atoms with Gasteiger partial charge in [0.05, 0.1) is 5.56 Å². The highest BCUT2D eigenvalue weighted by molar-refractivity contribution is 5.97. The molecule has 1 unspecified atom stereocenters. The Bertz CT molecular complexity index is 460. The zero-order chi connectivity index (χ0) is 13.9. The Balaban J connectivity index is 2.85. The van der Waals surface area contributed by atoms with E-state index in [0.29, 0.717) is 5.56 Å². The van der Waals surface area contributed by atoms with Crippen molar-refractivity contribution < 1.29 is 14.7 Å². The summed E-state index contributed by atoms with van der Waals surface area (Å²) in [4.78, 5) is 22.8. The molecule has 98 valence electrons. The smallest absolute Gasteiger partial charge is 0.335 e. The molecule has 0 aliphatic rings. The molecule has 0 saturated heterocycles. The first-order valence-electron chi connectivity index (χ1n) is 5.86. The monoisotopic (exact) mass is 249 g/mol. The standard InChI is InChI=1S/C14H19NO3/c1-9(14(2,3)4)15-12(16)10-6-5-7-11(8-10)13(17)18/h5-9H,1-4H3,(H,15,16)(H,17,18). The first-order chi connectivity index (χ1) is 8.21. The summed E-state index contributed by atoms with van der Waals surface area (Å²) >= 11 is 0. The Kier molecular flexibility index (Phi) is 4.11. The van der Waals surface area contributed by atoms with E-state index in [-0.39, 0.29) is 22.9 Å². The van der Waals surface area contributed by atoms with Gasteiger partial charge in [-0.05, 0) is 30.5 Å². The van der Waals surface area contributed by atoms with Crippen LogP contribution in [0.5, 0.6) is 0 Å². The maximum atomic E-state index is 12.0. The van der Waals surface area contributed by atoms with Crippen molar-refractivity contribution in [2.24, 2.45) is 5.41 Å². The molecule has 0 spiro atoms. The summed E-state index contributed by atoms with van der Waals surface area (Å²) < 4.78 is 0. The first kappa shape index (κ1) is 14.2. The Morgan fingerprint density at radius 2 is 1.78 bits per heavy atom. The Morgan fingerprint density at radius 3 is 2.28 bits per heavy atom. The Hall–Kier alpha value is -1.84. The lowest BCUT2D eigenvalue weighted by Crippen LogP contribution is -2.41. The lowest BCUT2D eigenvalue weighted by molar-refractivity contribution is 0.0697. The van der Waals surface area contributed by atoms with E-state index in [1.54, 1.807) is 12.1 Å². The van der Waals surface area contributed by atoms with Gasteiger partial charge in [-0.25, -0.2) is 4.79 Å². The fourth-order valence-electron chi connectivity index (χ4n) is 1.29. The molecule has 0 bridgehead atoms. The van der Waals surface area contributed by atoms with Crippen molar-refractivity contribution in [3.05, 3.63) is 35.4 Å². The number of amides is 1. The Labute approximate surface area is 107 Å². The van der Waals surface area contributed by atoms with Gasteiger partial charge in [0.1, 0.15) is 0 Å². The normalized spacial score (nSPS) is 12.9. The summed E-state index contributed by atoms with van der Waals surface area (Å²) in [5, 5.41) is 11.7. The molecule has 18 heavy (non-hydrogen) atoms. The van der Waals surface area contributed by atoms with Crippen LogP contribution in [0.3, 0.4) is 0 Å². The third-order valence-electron chi connectivity index (χ3n) is 3.02. The molecule has 0 saturated carbocycles. The third kappa shape index (κ3) is 3.58. The molecule has 0 aliphatic carbocycles. The number of carboxylic acids is 1. The van der Waals surface area contributed by atoms with Crippen molar-refractivity contribution in [1.29, 1.82) is 0 Å². The van der Waals surface area contributed by atoms with E-state index in [1.807, 2.05) is 27.7 Å². The number of nitrogens with one attached hydrogen (secondary N) is 1. The van der Waals surface area contributed by atoms with Crippen LogP contribution in [0.15, 0.2) is 24.3 Å². The van der Waals surface area contributed by atoms with E-state index in [1.165, 1.54) is 12.1 Å². The van der Waals surface area contributed by atoms with Crippen LogP contribution in [-0.4, -0.2) is 23.0 Å². The summed E-state index contributed by atoms with van der Waals surface area (Å²) in [7, 11) is 0. The topological polar surface area (TPSA) is 66.4 Å². The van der Waals surface area contributed by atoms with Gasteiger partial charge in [-0.1, -0.05) is 26.8 Å². The van der Waals surface area contributed by atoms with Crippen molar-refractivity contribution >= 4 is 11.9 Å². The molecule has 1 amide bonds. The summed E-state index contributed by atoms with van der Waals surface area (Å²) in [6, 6.07) is 6.02. The molecule has 1 aromatic carbocycles. The molecule has 0 fully saturated rings. The third-order valence-corrected chi connectivity index (χ3v) is 3.02. The number of carboxylic acid groups (broad SMARTS) is 1. The van der Waals surface area contributed by atoms with E-state index in [2.05, 4.69) is 5.32 Å². The lowest BCUT2D eigenvalue weighted by atomic mass is 9.88. The average molecular weight is 249 g/mol. The van der Waals surface area contributed by atoms with Gasteiger partial charge in [0.15, 0.2) is 0 Å². The van der Waals surface area contributed by atoms with Crippen molar-refractivity contribution in [3.8, 4) is 0 Å². The van der Waals surface area contributed by atoms with Crippen molar-refractivity contribution in [2.75, 3.05) is 0 Å². The predicted octanol–water partition coefficient (Wildman–Crippen LogP) is 2.55. The second-order valence-electron chi connectivity index (χ2n) is 5.45. The van der Waals surface area contributed by atoms with Gasteiger partial charge in [0, 0.05) is 11.6 Å². The van der Waals surface area contributed by atoms with Crippen LogP contribution in [-0.2, 0) is 0 Å². The molecule has 1 aromatic rings. The number of carbonyl (C=O) groups excluding carboxylic acids is 1. The van der Waals surface area contributed by atoms with Gasteiger partial charge in [0.25, 0.3) is 5.91 Å². The number of carbonyl (C=O) groups is 2. The van der Waals surface area contributed by atoms with Gasteiger partial charge in [0.2, 0.25) is 0 Å². The van der Waals surface area contributed by atoms with Gasteiger partial charge in [-0.15, -0.1) is 0 Å². The fraction of sp³-hybridized carbons (Fsp3) is 0.429. The minimum Gasteiger partial charge on any atom is -0.478 e. The number of aromatic carboxylic acids is 1. The quantitative estimate of drug-likeness (QED) is 0.865.